The minimum atomic E-state index is -0.182. The monoisotopic (exact) mass is 287 g/mol. The minimum absolute atomic E-state index is 0.0624. The summed E-state index contributed by atoms with van der Waals surface area (Å²) in [5.74, 6) is -0.0624. The van der Waals surface area contributed by atoms with Crippen molar-refractivity contribution in [1.82, 2.24) is 10.6 Å². The predicted octanol–water partition coefficient (Wildman–Crippen LogP) is 2.43. The molecule has 21 heavy (non-hydrogen) atoms. The Bertz CT molecular complexity index is 550. The highest BCUT2D eigenvalue weighted by molar-refractivity contribution is 5.99. The van der Waals surface area contributed by atoms with E-state index >= 15 is 0 Å². The van der Waals surface area contributed by atoms with E-state index in [1.54, 1.807) is 6.07 Å². The molecule has 3 rings (SSSR count). The summed E-state index contributed by atoms with van der Waals surface area (Å²) in [5.41, 5.74) is 2.37. The Hall–Kier alpha value is -2.04. The summed E-state index contributed by atoms with van der Waals surface area (Å²) in [6.07, 6.45) is 6.59. The summed E-state index contributed by atoms with van der Waals surface area (Å²) in [5, 5.41) is 8.66. The molecule has 1 aliphatic heterocycles. The van der Waals surface area contributed by atoms with Gasteiger partial charge < -0.3 is 16.0 Å². The van der Waals surface area contributed by atoms with E-state index in [1.165, 1.54) is 19.3 Å². The van der Waals surface area contributed by atoms with E-state index in [0.29, 0.717) is 17.8 Å². The molecule has 5 heteroatoms. The summed E-state index contributed by atoms with van der Waals surface area (Å²) in [4.78, 5) is 23.8. The Balaban J connectivity index is 1.63. The van der Waals surface area contributed by atoms with Gasteiger partial charge in [0.05, 0.1) is 0 Å². The summed E-state index contributed by atoms with van der Waals surface area (Å²) < 4.78 is 0. The molecule has 1 aromatic rings. The van der Waals surface area contributed by atoms with Crippen LogP contribution in [0.5, 0.6) is 0 Å². The second-order valence-corrected chi connectivity index (χ2v) is 5.81. The van der Waals surface area contributed by atoms with E-state index in [0.717, 1.165) is 24.8 Å². The van der Waals surface area contributed by atoms with Gasteiger partial charge in [-0.2, -0.15) is 0 Å². The van der Waals surface area contributed by atoms with Gasteiger partial charge in [-0.3, -0.25) is 4.79 Å². The van der Waals surface area contributed by atoms with E-state index in [2.05, 4.69) is 16.0 Å². The summed E-state index contributed by atoms with van der Waals surface area (Å²) in [6, 6.07) is 5.63. The predicted molar refractivity (Wildman–Crippen MR) is 81.5 cm³/mol. The van der Waals surface area contributed by atoms with E-state index in [-0.39, 0.29) is 18.0 Å². The van der Waals surface area contributed by atoms with E-state index in [1.807, 2.05) is 12.1 Å². The number of carbonyl (C=O) groups is 2. The van der Waals surface area contributed by atoms with Gasteiger partial charge in [-0.25, -0.2) is 4.79 Å². The van der Waals surface area contributed by atoms with E-state index in [9.17, 15) is 9.59 Å². The SMILES string of the molecule is O=C(Nc1ccc2c(c1)C(=O)NCC2)NC1CCCCC1. The number of benzene rings is 1. The van der Waals surface area contributed by atoms with Crippen LogP contribution in [0.25, 0.3) is 0 Å². The van der Waals surface area contributed by atoms with Crippen LogP contribution in [0.15, 0.2) is 18.2 Å². The molecule has 3 amide bonds. The highest BCUT2D eigenvalue weighted by atomic mass is 16.2. The molecule has 5 nitrogen and oxygen atoms in total. The normalized spacial score (nSPS) is 18.6. The van der Waals surface area contributed by atoms with Crippen LogP contribution in [0.1, 0.15) is 48.0 Å². The van der Waals surface area contributed by atoms with Crippen molar-refractivity contribution in [2.75, 3.05) is 11.9 Å². The third-order valence-corrected chi connectivity index (χ3v) is 4.23. The van der Waals surface area contributed by atoms with Crippen molar-refractivity contribution in [3.63, 3.8) is 0 Å². The number of amides is 3. The fraction of sp³-hybridized carbons (Fsp3) is 0.500. The molecule has 1 fully saturated rings. The molecule has 0 bridgehead atoms. The number of urea groups is 1. The first-order valence-corrected chi connectivity index (χ1v) is 7.71. The number of nitrogens with one attached hydrogen (secondary N) is 3. The summed E-state index contributed by atoms with van der Waals surface area (Å²) >= 11 is 0. The van der Waals surface area contributed by atoms with Gasteiger partial charge in [0.15, 0.2) is 0 Å². The van der Waals surface area contributed by atoms with Crippen molar-refractivity contribution >= 4 is 17.6 Å². The lowest BCUT2D eigenvalue weighted by Gasteiger charge is -2.23. The Morgan fingerprint density at radius 1 is 1.19 bits per heavy atom. The standard InChI is InChI=1S/C16H21N3O2/c20-15-14-10-13(7-6-11(14)8-9-17-15)19-16(21)18-12-4-2-1-3-5-12/h6-7,10,12H,1-5,8-9H2,(H,17,20)(H2,18,19,21). The molecular weight excluding hydrogens is 266 g/mol. The van der Waals surface area contributed by atoms with Crippen molar-refractivity contribution in [1.29, 1.82) is 0 Å². The van der Waals surface area contributed by atoms with Crippen LogP contribution in [0, 0.1) is 0 Å². The molecule has 0 radical (unpaired) electrons. The van der Waals surface area contributed by atoms with Gasteiger partial charge in [-0.1, -0.05) is 25.3 Å². The minimum Gasteiger partial charge on any atom is -0.352 e. The lowest BCUT2D eigenvalue weighted by molar-refractivity contribution is 0.0946. The maximum atomic E-state index is 12.0. The summed E-state index contributed by atoms with van der Waals surface area (Å²) in [6.45, 7) is 0.681. The Morgan fingerprint density at radius 3 is 2.81 bits per heavy atom. The molecule has 2 aliphatic rings. The molecule has 1 saturated carbocycles. The van der Waals surface area contributed by atoms with Gasteiger partial charge >= 0.3 is 6.03 Å². The third kappa shape index (κ3) is 3.35. The molecule has 1 aromatic carbocycles. The first-order chi connectivity index (χ1) is 10.2. The highest BCUT2D eigenvalue weighted by Crippen LogP contribution is 2.20. The molecule has 1 aliphatic carbocycles. The number of hydrogen-bond acceptors (Lipinski definition) is 2. The highest BCUT2D eigenvalue weighted by Gasteiger charge is 2.18. The second-order valence-electron chi connectivity index (χ2n) is 5.81. The second kappa shape index (κ2) is 6.16. The van der Waals surface area contributed by atoms with Gasteiger partial charge in [-0.15, -0.1) is 0 Å². The molecular formula is C16H21N3O2. The molecule has 0 spiro atoms. The lowest BCUT2D eigenvalue weighted by atomic mass is 9.96. The number of fused-ring (bicyclic) bond motifs is 1. The maximum Gasteiger partial charge on any atom is 0.319 e. The lowest BCUT2D eigenvalue weighted by Crippen LogP contribution is -2.39. The zero-order valence-electron chi connectivity index (χ0n) is 12.1. The van der Waals surface area contributed by atoms with Crippen LogP contribution in [0.3, 0.4) is 0 Å². The van der Waals surface area contributed by atoms with Crippen LogP contribution in [0.4, 0.5) is 10.5 Å². The van der Waals surface area contributed by atoms with Gasteiger partial charge in [-0.05, 0) is 37.0 Å². The number of hydrogen-bond donors (Lipinski definition) is 3. The van der Waals surface area contributed by atoms with Gasteiger partial charge in [0, 0.05) is 23.8 Å². The number of rotatable bonds is 2. The molecule has 0 aromatic heterocycles. The number of anilines is 1. The summed E-state index contributed by atoms with van der Waals surface area (Å²) in [7, 11) is 0. The van der Waals surface area contributed by atoms with E-state index < -0.39 is 0 Å². The quantitative estimate of drug-likeness (QED) is 0.782. The van der Waals surface area contributed by atoms with Gasteiger partial charge in [0.2, 0.25) is 0 Å². The maximum absolute atomic E-state index is 12.0. The average Bonchev–Trinajstić information content (AvgIpc) is 2.49. The van der Waals surface area contributed by atoms with Crippen molar-refractivity contribution in [2.45, 2.75) is 44.6 Å². The van der Waals surface area contributed by atoms with Crippen LogP contribution < -0.4 is 16.0 Å². The first-order valence-electron chi connectivity index (χ1n) is 7.71. The van der Waals surface area contributed by atoms with Crippen LogP contribution in [-0.4, -0.2) is 24.5 Å². The molecule has 112 valence electrons. The molecule has 1 heterocycles. The fourth-order valence-electron chi connectivity index (χ4n) is 3.09. The van der Waals surface area contributed by atoms with E-state index in [4.69, 9.17) is 0 Å². The first kappa shape index (κ1) is 13.9. The average molecular weight is 287 g/mol. The van der Waals surface area contributed by atoms with Crippen molar-refractivity contribution in [3.05, 3.63) is 29.3 Å². The fourth-order valence-corrected chi connectivity index (χ4v) is 3.09. The third-order valence-electron chi connectivity index (χ3n) is 4.23. The Kier molecular flexibility index (Phi) is 4.08. The van der Waals surface area contributed by atoms with Gasteiger partial charge in [0.25, 0.3) is 5.91 Å². The smallest absolute Gasteiger partial charge is 0.319 e. The topological polar surface area (TPSA) is 70.2 Å². The van der Waals surface area contributed by atoms with Gasteiger partial charge in [0.1, 0.15) is 0 Å². The molecule has 0 unspecified atom stereocenters. The van der Waals surface area contributed by atoms with Crippen molar-refractivity contribution < 1.29 is 9.59 Å². The van der Waals surface area contributed by atoms with Crippen LogP contribution >= 0.6 is 0 Å². The number of carbonyl (C=O) groups excluding carboxylic acids is 2. The molecule has 3 N–H and O–H groups in total. The Morgan fingerprint density at radius 2 is 2.00 bits per heavy atom. The van der Waals surface area contributed by atoms with Crippen LogP contribution in [-0.2, 0) is 6.42 Å². The van der Waals surface area contributed by atoms with Crippen molar-refractivity contribution in [2.24, 2.45) is 0 Å². The molecule has 0 atom stereocenters. The molecule has 0 saturated heterocycles. The zero-order chi connectivity index (χ0) is 14.7. The largest absolute Gasteiger partial charge is 0.352 e. The Labute approximate surface area is 124 Å². The van der Waals surface area contributed by atoms with Crippen molar-refractivity contribution in [3.8, 4) is 0 Å². The van der Waals surface area contributed by atoms with Crippen LogP contribution in [0.2, 0.25) is 0 Å². The zero-order valence-corrected chi connectivity index (χ0v) is 12.1.